The number of para-hydroxylation sites is 1. The van der Waals surface area contributed by atoms with Crippen LogP contribution < -0.4 is 9.91 Å². The summed E-state index contributed by atoms with van der Waals surface area (Å²) >= 11 is 0. The molecule has 0 fully saturated rings. The second-order valence-corrected chi connectivity index (χ2v) is 7.27. The molecule has 3 aromatic carbocycles. The molecule has 0 saturated heterocycles. The summed E-state index contributed by atoms with van der Waals surface area (Å²) in [5.41, 5.74) is 5.64. The monoisotopic (exact) mass is 415 g/mol. The first-order valence-electron chi connectivity index (χ1n) is 11.2. The van der Waals surface area contributed by atoms with Gasteiger partial charge in [-0.15, -0.1) is 0 Å². The van der Waals surface area contributed by atoms with Gasteiger partial charge < -0.3 is 9.64 Å². The fourth-order valence-electron chi connectivity index (χ4n) is 3.47. The van der Waals surface area contributed by atoms with Gasteiger partial charge in [0.15, 0.2) is 0 Å². The van der Waals surface area contributed by atoms with Crippen LogP contribution >= 0.6 is 0 Å². The Morgan fingerprint density at radius 2 is 1.35 bits per heavy atom. The average Bonchev–Trinajstić information content (AvgIpc) is 2.83. The van der Waals surface area contributed by atoms with Gasteiger partial charge >= 0.3 is 0 Å². The van der Waals surface area contributed by atoms with Crippen molar-refractivity contribution in [2.45, 2.75) is 27.2 Å². The van der Waals surface area contributed by atoms with Gasteiger partial charge in [-0.2, -0.15) is 5.10 Å². The van der Waals surface area contributed by atoms with Crippen molar-refractivity contribution in [3.05, 3.63) is 90.0 Å². The minimum atomic E-state index is 0.750. The molecule has 0 amide bonds. The maximum atomic E-state index is 5.47. The summed E-state index contributed by atoms with van der Waals surface area (Å²) in [4.78, 5) is 2.34. The van der Waals surface area contributed by atoms with Crippen LogP contribution in [0.15, 0.2) is 84.0 Å². The highest BCUT2D eigenvalue weighted by atomic mass is 16.5. The number of rotatable bonds is 11. The van der Waals surface area contributed by atoms with E-state index in [1.54, 1.807) is 0 Å². The van der Waals surface area contributed by atoms with Crippen LogP contribution in [-0.2, 0) is 11.2 Å². The molecule has 0 heterocycles. The molecule has 4 heteroatoms. The van der Waals surface area contributed by atoms with Gasteiger partial charge in [-0.1, -0.05) is 42.5 Å². The van der Waals surface area contributed by atoms with Crippen molar-refractivity contribution in [1.29, 1.82) is 0 Å². The molecule has 31 heavy (non-hydrogen) atoms. The lowest BCUT2D eigenvalue weighted by Crippen LogP contribution is -2.21. The third-order valence-corrected chi connectivity index (χ3v) is 5.26. The van der Waals surface area contributed by atoms with Crippen molar-refractivity contribution in [1.82, 2.24) is 0 Å². The number of hydrogen-bond donors (Lipinski definition) is 0. The van der Waals surface area contributed by atoms with Gasteiger partial charge in [0.1, 0.15) is 0 Å². The van der Waals surface area contributed by atoms with Crippen LogP contribution in [0.1, 0.15) is 31.9 Å². The van der Waals surface area contributed by atoms with Gasteiger partial charge in [0, 0.05) is 25.4 Å². The SMILES string of the molecule is CCOCCc1ccc(N(N=Cc2ccc(N(CC)CC)cc2)c2ccccc2)cc1. The van der Waals surface area contributed by atoms with E-state index in [1.807, 2.05) is 36.3 Å². The van der Waals surface area contributed by atoms with E-state index in [-0.39, 0.29) is 0 Å². The minimum absolute atomic E-state index is 0.750. The van der Waals surface area contributed by atoms with Crippen LogP contribution in [0.3, 0.4) is 0 Å². The van der Waals surface area contributed by atoms with Gasteiger partial charge in [-0.25, -0.2) is 5.01 Å². The molecule has 0 N–H and O–H groups in total. The van der Waals surface area contributed by atoms with Crippen molar-refractivity contribution in [3.63, 3.8) is 0 Å². The van der Waals surface area contributed by atoms with E-state index in [9.17, 15) is 0 Å². The van der Waals surface area contributed by atoms with E-state index in [4.69, 9.17) is 9.84 Å². The lowest BCUT2D eigenvalue weighted by molar-refractivity contribution is 0.151. The van der Waals surface area contributed by atoms with Crippen LogP contribution in [-0.4, -0.2) is 32.5 Å². The Balaban J connectivity index is 1.80. The third-order valence-electron chi connectivity index (χ3n) is 5.26. The molecule has 0 aliphatic carbocycles. The van der Waals surface area contributed by atoms with E-state index >= 15 is 0 Å². The average molecular weight is 416 g/mol. The predicted molar refractivity (Wildman–Crippen MR) is 133 cm³/mol. The highest BCUT2D eigenvalue weighted by molar-refractivity contribution is 5.82. The van der Waals surface area contributed by atoms with E-state index in [2.05, 4.69) is 79.4 Å². The molecular weight excluding hydrogens is 382 g/mol. The van der Waals surface area contributed by atoms with E-state index in [1.165, 1.54) is 11.3 Å². The van der Waals surface area contributed by atoms with Crippen molar-refractivity contribution in [2.24, 2.45) is 5.10 Å². The maximum Gasteiger partial charge on any atom is 0.0652 e. The zero-order valence-electron chi connectivity index (χ0n) is 18.9. The Morgan fingerprint density at radius 3 is 1.97 bits per heavy atom. The van der Waals surface area contributed by atoms with E-state index in [0.717, 1.165) is 49.7 Å². The number of hydrogen-bond acceptors (Lipinski definition) is 4. The Labute approximate surface area is 186 Å². The van der Waals surface area contributed by atoms with Crippen molar-refractivity contribution in [2.75, 3.05) is 36.2 Å². The summed E-state index contributed by atoms with van der Waals surface area (Å²) in [6, 6.07) is 27.3. The van der Waals surface area contributed by atoms with Crippen LogP contribution in [0.5, 0.6) is 0 Å². The zero-order valence-corrected chi connectivity index (χ0v) is 18.9. The van der Waals surface area contributed by atoms with Crippen LogP contribution in [0, 0.1) is 0 Å². The van der Waals surface area contributed by atoms with Crippen LogP contribution in [0.2, 0.25) is 0 Å². The molecule has 4 nitrogen and oxygen atoms in total. The molecule has 0 aliphatic heterocycles. The normalized spacial score (nSPS) is 11.1. The van der Waals surface area contributed by atoms with Crippen molar-refractivity contribution < 1.29 is 4.74 Å². The smallest absolute Gasteiger partial charge is 0.0652 e. The van der Waals surface area contributed by atoms with E-state index < -0.39 is 0 Å². The summed E-state index contributed by atoms with van der Waals surface area (Å²) in [7, 11) is 0. The second kappa shape index (κ2) is 11.9. The lowest BCUT2D eigenvalue weighted by atomic mass is 10.1. The summed E-state index contributed by atoms with van der Waals surface area (Å²) in [5.74, 6) is 0. The Morgan fingerprint density at radius 1 is 0.742 bits per heavy atom. The molecule has 0 aliphatic rings. The molecule has 0 spiro atoms. The summed E-state index contributed by atoms with van der Waals surface area (Å²) in [5, 5.41) is 6.80. The first-order chi connectivity index (χ1) is 15.2. The first-order valence-corrected chi connectivity index (χ1v) is 11.2. The number of ether oxygens (including phenoxy) is 1. The zero-order chi connectivity index (χ0) is 21.9. The molecule has 0 bridgehead atoms. The fraction of sp³-hybridized carbons (Fsp3) is 0.296. The number of anilines is 3. The van der Waals surface area contributed by atoms with Gasteiger partial charge in [0.2, 0.25) is 0 Å². The second-order valence-electron chi connectivity index (χ2n) is 7.27. The molecule has 0 saturated carbocycles. The fourth-order valence-corrected chi connectivity index (χ4v) is 3.47. The van der Waals surface area contributed by atoms with Gasteiger partial charge in [0.25, 0.3) is 0 Å². The van der Waals surface area contributed by atoms with Crippen molar-refractivity contribution in [3.8, 4) is 0 Å². The molecule has 162 valence electrons. The van der Waals surface area contributed by atoms with Gasteiger partial charge in [-0.05, 0) is 74.7 Å². The van der Waals surface area contributed by atoms with E-state index in [0.29, 0.717) is 0 Å². The maximum absolute atomic E-state index is 5.47. The van der Waals surface area contributed by atoms with Gasteiger partial charge in [-0.3, -0.25) is 0 Å². The van der Waals surface area contributed by atoms with Crippen molar-refractivity contribution >= 4 is 23.3 Å². The summed E-state index contributed by atoms with van der Waals surface area (Å²) in [6.45, 7) is 9.90. The third kappa shape index (κ3) is 6.43. The molecule has 0 radical (unpaired) electrons. The highest BCUT2D eigenvalue weighted by Gasteiger charge is 2.08. The Kier molecular flexibility index (Phi) is 8.68. The standard InChI is InChI=1S/C27H33N3O/c1-4-29(5-2)25-16-14-24(15-17-25)22-28-30(26-10-8-7-9-11-26)27-18-12-23(13-19-27)20-21-31-6-3/h7-19,22H,4-6,20-21H2,1-3H3. The number of nitrogens with zero attached hydrogens (tertiary/aromatic N) is 3. The molecule has 3 aromatic rings. The molecule has 3 rings (SSSR count). The molecule has 0 atom stereocenters. The molecule has 0 aromatic heterocycles. The Bertz CT molecular complexity index is 917. The quantitative estimate of drug-likeness (QED) is 0.209. The minimum Gasteiger partial charge on any atom is -0.381 e. The number of benzene rings is 3. The lowest BCUT2D eigenvalue weighted by Gasteiger charge is -2.21. The summed E-state index contributed by atoms with van der Waals surface area (Å²) in [6.07, 6.45) is 2.84. The van der Waals surface area contributed by atoms with Gasteiger partial charge in [0.05, 0.1) is 24.2 Å². The first kappa shape index (κ1) is 22.6. The largest absolute Gasteiger partial charge is 0.381 e. The topological polar surface area (TPSA) is 28.1 Å². The highest BCUT2D eigenvalue weighted by Crippen LogP contribution is 2.26. The Hall–Kier alpha value is -3.11. The number of hydrazone groups is 1. The molecular formula is C27H33N3O. The van der Waals surface area contributed by atoms with Crippen LogP contribution in [0.4, 0.5) is 17.1 Å². The predicted octanol–water partition coefficient (Wildman–Crippen LogP) is 6.28. The summed E-state index contributed by atoms with van der Waals surface area (Å²) < 4.78 is 5.47. The molecule has 0 unspecified atom stereocenters. The van der Waals surface area contributed by atoms with Crippen LogP contribution in [0.25, 0.3) is 0 Å².